The number of pyridine rings is 1. The van der Waals surface area contributed by atoms with Crippen LogP contribution in [0.15, 0.2) is 36.5 Å². The predicted octanol–water partition coefficient (Wildman–Crippen LogP) is 2.23. The number of nitrogens with one attached hydrogen (secondary N) is 1. The molecule has 0 saturated heterocycles. The summed E-state index contributed by atoms with van der Waals surface area (Å²) in [6.07, 6.45) is 2.51. The summed E-state index contributed by atoms with van der Waals surface area (Å²) >= 11 is 0. The van der Waals surface area contributed by atoms with Gasteiger partial charge in [-0.15, -0.1) is 0 Å². The zero-order valence-electron chi connectivity index (χ0n) is 17.1. The average Bonchev–Trinajstić information content (AvgIpc) is 3.15. The topological polar surface area (TPSA) is 104 Å². The first-order valence-electron chi connectivity index (χ1n) is 9.74. The summed E-state index contributed by atoms with van der Waals surface area (Å²) in [5.74, 6) is -1.65. The van der Waals surface area contributed by atoms with E-state index in [9.17, 15) is 14.4 Å². The smallest absolute Gasteiger partial charge is 0.328 e. The second-order valence-electron chi connectivity index (χ2n) is 6.95. The molecule has 8 heteroatoms. The highest BCUT2D eigenvalue weighted by atomic mass is 16.6. The number of esters is 2. The fourth-order valence-electron chi connectivity index (χ4n) is 3.23. The average molecular weight is 412 g/mol. The number of ether oxygens (including phenoxy) is 3. The molecule has 1 heterocycles. The molecule has 2 aromatic rings. The first kappa shape index (κ1) is 21.3. The zero-order chi connectivity index (χ0) is 21.7. The highest BCUT2D eigenvalue weighted by molar-refractivity contribution is 5.98. The van der Waals surface area contributed by atoms with Gasteiger partial charge in [0, 0.05) is 31.5 Å². The molecule has 0 aliphatic heterocycles. The molecule has 0 spiro atoms. The van der Waals surface area contributed by atoms with E-state index < -0.39 is 23.9 Å². The summed E-state index contributed by atoms with van der Waals surface area (Å²) in [6, 6.07) is 8.50. The van der Waals surface area contributed by atoms with Crippen LogP contribution in [0.2, 0.25) is 0 Å². The van der Waals surface area contributed by atoms with Crippen molar-refractivity contribution in [2.75, 3.05) is 7.11 Å². The highest BCUT2D eigenvalue weighted by Crippen LogP contribution is 2.30. The Morgan fingerprint density at radius 3 is 2.43 bits per heavy atom. The van der Waals surface area contributed by atoms with Crippen LogP contribution in [0.5, 0.6) is 11.5 Å². The van der Waals surface area contributed by atoms with Crippen LogP contribution in [-0.2, 0) is 27.2 Å². The van der Waals surface area contributed by atoms with Crippen LogP contribution in [0.1, 0.15) is 41.9 Å². The second kappa shape index (κ2) is 9.39. The molecule has 0 unspecified atom stereocenters. The van der Waals surface area contributed by atoms with Gasteiger partial charge < -0.3 is 19.5 Å². The van der Waals surface area contributed by atoms with E-state index in [1.54, 1.807) is 6.92 Å². The SMILES string of the molecule is CCC(=O)Oc1c(OC)ccnc1C(=O)N[C@@H](C)C(=O)OC1Cc2ccccc2C1. The Kier molecular flexibility index (Phi) is 6.66. The van der Waals surface area contributed by atoms with Gasteiger partial charge in [0.25, 0.3) is 5.91 Å². The molecule has 1 aliphatic carbocycles. The summed E-state index contributed by atoms with van der Waals surface area (Å²) in [4.78, 5) is 40.9. The molecule has 1 aromatic carbocycles. The largest absolute Gasteiger partial charge is 0.493 e. The number of amides is 1. The number of aromatic nitrogens is 1. The number of benzene rings is 1. The van der Waals surface area contributed by atoms with E-state index in [1.807, 2.05) is 24.3 Å². The lowest BCUT2D eigenvalue weighted by atomic mass is 10.1. The van der Waals surface area contributed by atoms with Gasteiger partial charge >= 0.3 is 11.9 Å². The molecule has 158 valence electrons. The van der Waals surface area contributed by atoms with Crippen molar-refractivity contribution in [2.45, 2.75) is 45.3 Å². The van der Waals surface area contributed by atoms with Crippen molar-refractivity contribution in [3.63, 3.8) is 0 Å². The van der Waals surface area contributed by atoms with Gasteiger partial charge in [0.2, 0.25) is 5.75 Å². The van der Waals surface area contributed by atoms with Crippen LogP contribution < -0.4 is 14.8 Å². The van der Waals surface area contributed by atoms with Crippen molar-refractivity contribution in [1.29, 1.82) is 0 Å². The van der Waals surface area contributed by atoms with E-state index in [1.165, 1.54) is 26.3 Å². The molecule has 0 radical (unpaired) electrons. The molecule has 1 aliphatic rings. The molecule has 1 atom stereocenters. The number of carbonyl (C=O) groups is 3. The molecule has 0 fully saturated rings. The summed E-state index contributed by atoms with van der Waals surface area (Å²) < 4.78 is 15.9. The minimum atomic E-state index is -0.913. The van der Waals surface area contributed by atoms with E-state index >= 15 is 0 Å². The van der Waals surface area contributed by atoms with Crippen molar-refractivity contribution in [1.82, 2.24) is 10.3 Å². The van der Waals surface area contributed by atoms with Gasteiger partial charge in [0.05, 0.1) is 7.11 Å². The number of nitrogens with zero attached hydrogens (tertiary/aromatic N) is 1. The number of carbonyl (C=O) groups excluding carboxylic acids is 3. The Morgan fingerprint density at radius 2 is 1.83 bits per heavy atom. The van der Waals surface area contributed by atoms with Crippen molar-refractivity contribution >= 4 is 17.8 Å². The molecule has 8 nitrogen and oxygen atoms in total. The normalized spacial score (nSPS) is 13.8. The van der Waals surface area contributed by atoms with Gasteiger partial charge in [-0.2, -0.15) is 0 Å². The van der Waals surface area contributed by atoms with Crippen LogP contribution in [0.4, 0.5) is 0 Å². The third kappa shape index (κ3) is 4.76. The van der Waals surface area contributed by atoms with E-state index in [0.717, 1.165) is 11.1 Å². The van der Waals surface area contributed by atoms with Crippen LogP contribution in [0.3, 0.4) is 0 Å². The van der Waals surface area contributed by atoms with Gasteiger partial charge in [0.15, 0.2) is 11.4 Å². The molecule has 1 amide bonds. The molecular weight excluding hydrogens is 388 g/mol. The first-order chi connectivity index (χ1) is 14.4. The molecular formula is C22H24N2O6. The lowest BCUT2D eigenvalue weighted by Gasteiger charge is -2.18. The van der Waals surface area contributed by atoms with Gasteiger partial charge in [0.1, 0.15) is 12.1 Å². The second-order valence-corrected chi connectivity index (χ2v) is 6.95. The van der Waals surface area contributed by atoms with Crippen LogP contribution in [0, 0.1) is 0 Å². The van der Waals surface area contributed by atoms with Crippen molar-refractivity contribution in [2.24, 2.45) is 0 Å². The lowest BCUT2D eigenvalue weighted by molar-refractivity contribution is -0.150. The number of hydrogen-bond acceptors (Lipinski definition) is 7. The Morgan fingerprint density at radius 1 is 1.17 bits per heavy atom. The minimum absolute atomic E-state index is 0.0869. The third-order valence-corrected chi connectivity index (χ3v) is 4.81. The number of methoxy groups -OCH3 is 1. The molecule has 30 heavy (non-hydrogen) atoms. The molecule has 0 bridgehead atoms. The van der Waals surface area contributed by atoms with Gasteiger partial charge in [-0.25, -0.2) is 9.78 Å². The maximum Gasteiger partial charge on any atom is 0.328 e. The van der Waals surface area contributed by atoms with E-state index in [0.29, 0.717) is 12.8 Å². The Bertz CT molecular complexity index is 933. The Hall–Kier alpha value is -3.42. The molecule has 3 rings (SSSR count). The van der Waals surface area contributed by atoms with Gasteiger partial charge in [-0.1, -0.05) is 31.2 Å². The van der Waals surface area contributed by atoms with E-state index in [-0.39, 0.29) is 29.7 Å². The fourth-order valence-corrected chi connectivity index (χ4v) is 3.23. The molecule has 0 saturated carbocycles. The number of hydrogen-bond donors (Lipinski definition) is 1. The quantitative estimate of drug-likeness (QED) is 0.696. The molecule has 1 aromatic heterocycles. The zero-order valence-corrected chi connectivity index (χ0v) is 17.1. The predicted molar refractivity (Wildman–Crippen MR) is 107 cm³/mol. The van der Waals surface area contributed by atoms with Gasteiger partial charge in [-0.05, 0) is 18.1 Å². The Balaban J connectivity index is 1.65. The number of fused-ring (bicyclic) bond motifs is 1. The van der Waals surface area contributed by atoms with Crippen LogP contribution in [-0.4, -0.2) is 42.1 Å². The van der Waals surface area contributed by atoms with E-state index in [4.69, 9.17) is 14.2 Å². The summed E-state index contributed by atoms with van der Waals surface area (Å²) in [5.41, 5.74) is 2.17. The van der Waals surface area contributed by atoms with Crippen molar-refractivity contribution in [3.05, 3.63) is 53.3 Å². The highest BCUT2D eigenvalue weighted by Gasteiger charge is 2.28. The standard InChI is InChI=1S/C22H24N2O6/c1-4-18(25)30-20-17(28-3)9-10-23-19(20)21(26)24-13(2)22(27)29-16-11-14-7-5-6-8-15(14)12-16/h5-10,13,16H,4,11-12H2,1-3H3,(H,24,26)/t13-/m0/s1. The van der Waals surface area contributed by atoms with Crippen molar-refractivity contribution in [3.8, 4) is 11.5 Å². The fraction of sp³-hybridized carbons (Fsp3) is 0.364. The van der Waals surface area contributed by atoms with Gasteiger partial charge in [-0.3, -0.25) is 9.59 Å². The third-order valence-electron chi connectivity index (χ3n) is 4.81. The van der Waals surface area contributed by atoms with Crippen LogP contribution >= 0.6 is 0 Å². The summed E-state index contributed by atoms with van der Waals surface area (Å²) in [7, 11) is 1.39. The minimum Gasteiger partial charge on any atom is -0.493 e. The summed E-state index contributed by atoms with van der Waals surface area (Å²) in [5, 5.41) is 2.55. The Labute approximate surface area is 174 Å². The number of rotatable bonds is 7. The van der Waals surface area contributed by atoms with Crippen molar-refractivity contribution < 1.29 is 28.6 Å². The summed E-state index contributed by atoms with van der Waals surface area (Å²) in [6.45, 7) is 3.16. The maximum absolute atomic E-state index is 12.7. The molecule has 1 N–H and O–H groups in total. The van der Waals surface area contributed by atoms with E-state index in [2.05, 4.69) is 10.3 Å². The monoisotopic (exact) mass is 412 g/mol. The first-order valence-corrected chi connectivity index (χ1v) is 9.74. The lowest BCUT2D eigenvalue weighted by Crippen LogP contribution is -2.41. The van der Waals surface area contributed by atoms with Crippen LogP contribution in [0.25, 0.3) is 0 Å². The maximum atomic E-state index is 12.7.